The van der Waals surface area contributed by atoms with E-state index in [1.54, 1.807) is 6.92 Å². The zero-order chi connectivity index (χ0) is 24.0. The average Bonchev–Trinajstić information content (AvgIpc) is 3.07. The zero-order valence-electron chi connectivity index (χ0n) is 19.9. The molecule has 1 aromatic carbocycles. The molecule has 1 aliphatic heterocycles. The lowest BCUT2D eigenvalue weighted by molar-refractivity contribution is -0.138. The van der Waals surface area contributed by atoms with Crippen molar-refractivity contribution in [3.8, 4) is 0 Å². The monoisotopic (exact) mass is 449 g/mol. The van der Waals surface area contributed by atoms with Crippen LogP contribution in [0.15, 0.2) is 66.3 Å². The SMILES string of the molecule is CC1=CC2C=CCC(C)C(=O)C(C)(O)C=CC(O)C23C(=O)NC(Cc2ccccc2)C3C1C. The number of carbonyl (C=O) groups is 2. The summed E-state index contributed by atoms with van der Waals surface area (Å²) in [6, 6.07) is 9.94. The maximum absolute atomic E-state index is 13.8. The second-order valence-corrected chi connectivity index (χ2v) is 10.3. The fraction of sp³-hybridized carbons (Fsp3) is 0.500. The number of aliphatic hydroxyl groups excluding tert-OH is 1. The van der Waals surface area contributed by atoms with Crippen molar-refractivity contribution in [3.05, 3.63) is 71.8 Å². The molecule has 1 amide bonds. The van der Waals surface area contributed by atoms with Crippen LogP contribution >= 0.6 is 0 Å². The standard InChI is InChI=1S/C28H35NO4/c1-17-9-8-12-21-15-18(2)19(3)24-22(16-20-10-6-5-7-11-20)29-26(32)28(21,24)23(30)13-14-27(4,33)25(17)31/h5-8,10-15,17,19,21-24,30,33H,9,16H2,1-4H3,(H,29,32). The molecule has 1 fully saturated rings. The Morgan fingerprint density at radius 1 is 1.12 bits per heavy atom. The summed E-state index contributed by atoms with van der Waals surface area (Å²) in [7, 11) is 0. The molecule has 8 unspecified atom stereocenters. The van der Waals surface area contributed by atoms with Crippen LogP contribution in [0.1, 0.15) is 39.7 Å². The minimum Gasteiger partial charge on any atom is -0.388 e. The Hall–Kier alpha value is -2.50. The van der Waals surface area contributed by atoms with Gasteiger partial charge in [-0.05, 0) is 44.2 Å². The first-order valence-electron chi connectivity index (χ1n) is 11.9. The Morgan fingerprint density at radius 2 is 1.82 bits per heavy atom. The molecule has 1 saturated heterocycles. The molecule has 176 valence electrons. The number of aliphatic hydroxyl groups is 2. The quantitative estimate of drug-likeness (QED) is 0.604. The van der Waals surface area contributed by atoms with Gasteiger partial charge in [-0.25, -0.2) is 0 Å². The van der Waals surface area contributed by atoms with E-state index in [-0.39, 0.29) is 41.4 Å². The van der Waals surface area contributed by atoms with Crippen molar-refractivity contribution in [3.63, 3.8) is 0 Å². The summed E-state index contributed by atoms with van der Waals surface area (Å²) in [4.78, 5) is 26.5. The molecular weight excluding hydrogens is 414 g/mol. The maximum atomic E-state index is 13.8. The highest BCUT2D eigenvalue weighted by Gasteiger charge is 2.64. The van der Waals surface area contributed by atoms with Gasteiger partial charge in [0.15, 0.2) is 5.78 Å². The van der Waals surface area contributed by atoms with Crippen LogP contribution in [-0.2, 0) is 16.0 Å². The van der Waals surface area contributed by atoms with Gasteiger partial charge in [-0.3, -0.25) is 9.59 Å². The molecule has 2 aliphatic carbocycles. The number of Topliss-reactive ketones (excluding diaryl/α,β-unsaturated/α-hetero) is 1. The second-order valence-electron chi connectivity index (χ2n) is 10.3. The van der Waals surface area contributed by atoms with Gasteiger partial charge in [0.25, 0.3) is 0 Å². The molecule has 0 saturated carbocycles. The fourth-order valence-electron chi connectivity index (χ4n) is 6.20. The molecule has 3 aliphatic rings. The van der Waals surface area contributed by atoms with E-state index in [1.165, 1.54) is 24.6 Å². The second kappa shape index (κ2) is 8.69. The molecule has 8 atom stereocenters. The van der Waals surface area contributed by atoms with Gasteiger partial charge in [-0.15, -0.1) is 0 Å². The smallest absolute Gasteiger partial charge is 0.230 e. The number of nitrogens with one attached hydrogen (secondary N) is 1. The van der Waals surface area contributed by atoms with Crippen LogP contribution in [0.4, 0.5) is 0 Å². The van der Waals surface area contributed by atoms with Crippen molar-refractivity contribution < 1.29 is 19.8 Å². The van der Waals surface area contributed by atoms with Crippen molar-refractivity contribution in [2.45, 2.75) is 58.3 Å². The fourth-order valence-corrected chi connectivity index (χ4v) is 6.20. The zero-order valence-corrected chi connectivity index (χ0v) is 19.9. The third-order valence-electron chi connectivity index (χ3n) is 8.12. The summed E-state index contributed by atoms with van der Waals surface area (Å²) in [6.07, 6.45) is 8.84. The van der Waals surface area contributed by atoms with Crippen molar-refractivity contribution in [2.75, 3.05) is 0 Å². The Bertz CT molecular complexity index is 1010. The predicted octanol–water partition coefficient (Wildman–Crippen LogP) is 3.38. The number of amides is 1. The van der Waals surface area contributed by atoms with E-state index >= 15 is 0 Å². The van der Waals surface area contributed by atoms with Gasteiger partial charge in [0.05, 0.1) is 11.5 Å². The van der Waals surface area contributed by atoms with E-state index in [2.05, 4.69) is 37.4 Å². The van der Waals surface area contributed by atoms with Crippen LogP contribution < -0.4 is 5.32 Å². The van der Waals surface area contributed by atoms with E-state index in [9.17, 15) is 19.8 Å². The molecule has 0 bridgehead atoms. The third kappa shape index (κ3) is 3.91. The number of benzene rings is 1. The highest BCUT2D eigenvalue weighted by molar-refractivity contribution is 5.91. The van der Waals surface area contributed by atoms with Crippen LogP contribution in [-0.4, -0.2) is 39.7 Å². The summed E-state index contributed by atoms with van der Waals surface area (Å²) in [5, 5.41) is 25.6. The van der Waals surface area contributed by atoms with Crippen molar-refractivity contribution in [1.82, 2.24) is 5.32 Å². The van der Waals surface area contributed by atoms with Gasteiger partial charge in [-0.2, -0.15) is 0 Å². The Morgan fingerprint density at radius 3 is 2.52 bits per heavy atom. The van der Waals surface area contributed by atoms with Crippen LogP contribution in [0.25, 0.3) is 0 Å². The van der Waals surface area contributed by atoms with Gasteiger partial charge < -0.3 is 15.5 Å². The van der Waals surface area contributed by atoms with E-state index < -0.39 is 17.1 Å². The van der Waals surface area contributed by atoms with Crippen molar-refractivity contribution in [2.24, 2.45) is 29.1 Å². The predicted molar refractivity (Wildman–Crippen MR) is 128 cm³/mol. The van der Waals surface area contributed by atoms with Crippen LogP contribution in [0.2, 0.25) is 0 Å². The number of hydrogen-bond acceptors (Lipinski definition) is 4. The summed E-state index contributed by atoms with van der Waals surface area (Å²) < 4.78 is 0. The Kier molecular flexibility index (Phi) is 6.23. The van der Waals surface area contributed by atoms with Crippen LogP contribution in [0, 0.1) is 29.1 Å². The molecular formula is C28H35NO4. The highest BCUT2D eigenvalue weighted by atomic mass is 16.3. The van der Waals surface area contributed by atoms with E-state index in [4.69, 9.17) is 0 Å². The lowest BCUT2D eigenvalue weighted by atomic mass is 9.54. The first-order valence-corrected chi connectivity index (χ1v) is 11.9. The highest BCUT2D eigenvalue weighted by Crippen LogP contribution is 2.56. The minimum absolute atomic E-state index is 0.0801. The lowest BCUT2D eigenvalue weighted by Crippen LogP contribution is -2.54. The van der Waals surface area contributed by atoms with Crippen LogP contribution in [0.3, 0.4) is 0 Å². The normalized spacial score (nSPS) is 41.0. The molecule has 0 radical (unpaired) electrons. The molecule has 3 N–H and O–H groups in total. The number of ketones is 1. The first-order chi connectivity index (χ1) is 15.6. The van der Waals surface area contributed by atoms with Crippen molar-refractivity contribution in [1.29, 1.82) is 0 Å². The molecule has 1 aromatic rings. The summed E-state index contributed by atoms with van der Waals surface area (Å²) in [5.74, 6) is -1.23. The van der Waals surface area contributed by atoms with Gasteiger partial charge in [-0.1, -0.05) is 74.1 Å². The average molecular weight is 450 g/mol. The summed E-state index contributed by atoms with van der Waals surface area (Å²) in [6.45, 7) is 7.46. The number of rotatable bonds is 2. The molecule has 1 spiro atoms. The number of hydrogen-bond donors (Lipinski definition) is 3. The van der Waals surface area contributed by atoms with Gasteiger partial charge in [0, 0.05) is 23.8 Å². The van der Waals surface area contributed by atoms with Gasteiger partial charge in [0.1, 0.15) is 5.60 Å². The van der Waals surface area contributed by atoms with Gasteiger partial charge >= 0.3 is 0 Å². The summed E-state index contributed by atoms with van der Waals surface area (Å²) >= 11 is 0. The molecule has 33 heavy (non-hydrogen) atoms. The van der Waals surface area contributed by atoms with E-state index in [0.29, 0.717) is 12.8 Å². The van der Waals surface area contributed by atoms with Gasteiger partial charge in [0.2, 0.25) is 5.91 Å². The summed E-state index contributed by atoms with van der Waals surface area (Å²) in [5.41, 5.74) is -0.486. The topological polar surface area (TPSA) is 86.6 Å². The molecule has 5 heteroatoms. The maximum Gasteiger partial charge on any atom is 0.230 e. The molecule has 1 heterocycles. The van der Waals surface area contributed by atoms with E-state index in [1.807, 2.05) is 30.4 Å². The lowest BCUT2D eigenvalue weighted by Gasteiger charge is -2.47. The Labute approximate surface area is 196 Å². The van der Waals surface area contributed by atoms with Crippen molar-refractivity contribution >= 4 is 11.7 Å². The molecule has 0 aromatic heterocycles. The Balaban J connectivity index is 1.84. The first kappa shape index (κ1) is 23.7. The van der Waals surface area contributed by atoms with Crippen LogP contribution in [0.5, 0.6) is 0 Å². The molecule has 4 rings (SSSR count). The number of carbonyl (C=O) groups excluding carboxylic acids is 2. The minimum atomic E-state index is -1.70. The molecule has 5 nitrogen and oxygen atoms in total. The third-order valence-corrected chi connectivity index (χ3v) is 8.12. The number of allylic oxidation sites excluding steroid dienone is 4. The largest absolute Gasteiger partial charge is 0.388 e. The van der Waals surface area contributed by atoms with E-state index in [0.717, 1.165) is 5.56 Å².